The summed E-state index contributed by atoms with van der Waals surface area (Å²) in [6.45, 7) is 4.07. The second kappa shape index (κ2) is 5.21. The number of aromatic carboxylic acids is 1. The Morgan fingerprint density at radius 2 is 1.77 bits per heavy atom. The van der Waals surface area contributed by atoms with Crippen LogP contribution in [0.1, 0.15) is 28.0 Å². The predicted octanol–water partition coefficient (Wildman–Crippen LogP) is 1.48. The number of rotatable bonds is 5. The highest BCUT2D eigenvalue weighted by Gasteiger charge is 2.44. The molecule has 1 aliphatic carbocycles. The van der Waals surface area contributed by atoms with Crippen molar-refractivity contribution < 1.29 is 9.90 Å². The molecule has 2 aromatic rings. The first-order chi connectivity index (χ1) is 10.7. The van der Waals surface area contributed by atoms with E-state index < -0.39 is 5.97 Å². The minimum atomic E-state index is -1.05. The zero-order valence-corrected chi connectivity index (χ0v) is 12.2. The van der Waals surface area contributed by atoms with Gasteiger partial charge in [0.2, 0.25) is 0 Å². The van der Waals surface area contributed by atoms with Gasteiger partial charge >= 0.3 is 5.97 Å². The van der Waals surface area contributed by atoms with Gasteiger partial charge in [0.25, 0.3) is 0 Å². The number of carboxylic acids is 1. The van der Waals surface area contributed by atoms with Gasteiger partial charge in [-0.05, 0) is 29.4 Å². The average molecular weight is 298 g/mol. The third-order valence-corrected chi connectivity index (χ3v) is 4.59. The van der Waals surface area contributed by atoms with E-state index in [2.05, 4.69) is 39.5 Å². The monoisotopic (exact) mass is 298 g/mol. The van der Waals surface area contributed by atoms with Crippen LogP contribution in [0, 0.1) is 11.8 Å². The van der Waals surface area contributed by atoms with E-state index in [1.807, 2.05) is 0 Å². The van der Waals surface area contributed by atoms with E-state index in [9.17, 15) is 4.79 Å². The average Bonchev–Trinajstić information content (AvgIpc) is 2.91. The maximum absolute atomic E-state index is 10.8. The molecular weight excluding hydrogens is 280 g/mol. The van der Waals surface area contributed by atoms with Gasteiger partial charge in [0.15, 0.2) is 5.69 Å². The molecule has 0 radical (unpaired) electrons. The fourth-order valence-electron chi connectivity index (χ4n) is 3.29. The summed E-state index contributed by atoms with van der Waals surface area (Å²) in [4.78, 5) is 13.3. The lowest BCUT2D eigenvalue weighted by Crippen LogP contribution is -2.21. The molecule has 1 saturated carbocycles. The van der Waals surface area contributed by atoms with Crippen LogP contribution in [0.3, 0.4) is 0 Å². The summed E-state index contributed by atoms with van der Waals surface area (Å²) >= 11 is 0. The normalized spacial score (nSPS) is 23.5. The summed E-state index contributed by atoms with van der Waals surface area (Å²) in [5, 5.41) is 16.3. The Kier molecular flexibility index (Phi) is 3.18. The first kappa shape index (κ1) is 13.5. The summed E-state index contributed by atoms with van der Waals surface area (Å²) in [6, 6.07) is 8.45. The molecule has 2 unspecified atom stereocenters. The number of carbonyl (C=O) groups is 1. The van der Waals surface area contributed by atoms with E-state index in [1.54, 1.807) is 4.68 Å². The number of carboxylic acid groups (broad SMARTS) is 1. The molecule has 0 amide bonds. The van der Waals surface area contributed by atoms with Gasteiger partial charge in [-0.3, -0.25) is 4.90 Å². The molecule has 1 saturated heterocycles. The van der Waals surface area contributed by atoms with Crippen LogP contribution in [-0.4, -0.2) is 44.1 Å². The lowest BCUT2D eigenvalue weighted by atomic mass is 10.1. The lowest BCUT2D eigenvalue weighted by Gasteiger charge is -2.17. The van der Waals surface area contributed by atoms with Crippen LogP contribution in [0.5, 0.6) is 0 Å². The standard InChI is InChI=1S/C16H18N4O2/c21-16(22)15-10-20(18-17-15)7-12-3-1-11(2-4-12)6-19-8-13-5-14(13)9-19/h1-4,10,13-14H,5-9H2,(H,21,22). The first-order valence-electron chi connectivity index (χ1n) is 7.61. The van der Waals surface area contributed by atoms with E-state index in [-0.39, 0.29) is 5.69 Å². The lowest BCUT2D eigenvalue weighted by molar-refractivity contribution is 0.0690. The van der Waals surface area contributed by atoms with Crippen molar-refractivity contribution in [1.29, 1.82) is 0 Å². The fraction of sp³-hybridized carbons (Fsp3) is 0.438. The van der Waals surface area contributed by atoms with Crippen molar-refractivity contribution >= 4 is 5.97 Å². The van der Waals surface area contributed by atoms with Gasteiger partial charge in [0.05, 0.1) is 12.7 Å². The van der Waals surface area contributed by atoms with Crippen molar-refractivity contribution in [3.8, 4) is 0 Å². The number of aromatic nitrogens is 3. The van der Waals surface area contributed by atoms with Crippen molar-refractivity contribution in [2.24, 2.45) is 11.8 Å². The molecule has 2 aliphatic rings. The molecule has 2 heterocycles. The zero-order chi connectivity index (χ0) is 15.1. The second-order valence-electron chi connectivity index (χ2n) is 6.37. The SMILES string of the molecule is O=C(O)c1cn(Cc2ccc(CN3CC4CC4C3)cc2)nn1. The van der Waals surface area contributed by atoms with Crippen LogP contribution in [0.15, 0.2) is 30.5 Å². The highest BCUT2D eigenvalue weighted by molar-refractivity contribution is 5.84. The van der Waals surface area contributed by atoms with Crippen LogP contribution in [-0.2, 0) is 13.1 Å². The molecule has 0 bridgehead atoms. The number of nitrogens with zero attached hydrogens (tertiary/aromatic N) is 4. The highest BCUT2D eigenvalue weighted by atomic mass is 16.4. The van der Waals surface area contributed by atoms with Gasteiger partial charge in [0.1, 0.15) is 0 Å². The maximum Gasteiger partial charge on any atom is 0.358 e. The van der Waals surface area contributed by atoms with Gasteiger partial charge in [-0.2, -0.15) is 0 Å². The minimum Gasteiger partial charge on any atom is -0.476 e. The number of fused-ring (bicyclic) bond motifs is 1. The molecular formula is C16H18N4O2. The minimum absolute atomic E-state index is 0.0239. The van der Waals surface area contributed by atoms with Crippen LogP contribution in [0.4, 0.5) is 0 Å². The van der Waals surface area contributed by atoms with Gasteiger partial charge in [-0.25, -0.2) is 9.48 Å². The molecule has 6 heteroatoms. The Hall–Kier alpha value is -2.21. The molecule has 22 heavy (non-hydrogen) atoms. The van der Waals surface area contributed by atoms with Crippen molar-refractivity contribution in [3.63, 3.8) is 0 Å². The highest BCUT2D eigenvalue weighted by Crippen LogP contribution is 2.45. The number of benzene rings is 1. The first-order valence-corrected chi connectivity index (χ1v) is 7.61. The molecule has 114 valence electrons. The number of piperidine rings is 1. The molecule has 1 N–H and O–H groups in total. The van der Waals surface area contributed by atoms with Gasteiger partial charge in [-0.1, -0.05) is 29.5 Å². The second-order valence-corrected chi connectivity index (χ2v) is 6.37. The quantitative estimate of drug-likeness (QED) is 0.905. The van der Waals surface area contributed by atoms with Crippen molar-refractivity contribution in [3.05, 3.63) is 47.3 Å². The summed E-state index contributed by atoms with van der Waals surface area (Å²) in [5.74, 6) is 0.885. The third kappa shape index (κ3) is 2.74. The summed E-state index contributed by atoms with van der Waals surface area (Å²) in [5.41, 5.74) is 2.40. The Morgan fingerprint density at radius 3 is 2.36 bits per heavy atom. The fourth-order valence-corrected chi connectivity index (χ4v) is 3.29. The van der Waals surface area contributed by atoms with Crippen LogP contribution >= 0.6 is 0 Å². The topological polar surface area (TPSA) is 71.2 Å². The molecule has 6 nitrogen and oxygen atoms in total. The van der Waals surface area contributed by atoms with E-state index >= 15 is 0 Å². The third-order valence-electron chi connectivity index (χ3n) is 4.59. The Morgan fingerprint density at radius 1 is 1.14 bits per heavy atom. The molecule has 4 rings (SSSR count). The Balaban J connectivity index is 1.37. The molecule has 1 aromatic carbocycles. The van der Waals surface area contributed by atoms with Gasteiger partial charge in [-0.15, -0.1) is 5.10 Å². The van der Waals surface area contributed by atoms with E-state index in [0.29, 0.717) is 6.54 Å². The number of hydrogen-bond donors (Lipinski definition) is 1. The molecule has 0 spiro atoms. The molecule has 2 fully saturated rings. The van der Waals surface area contributed by atoms with Gasteiger partial charge < -0.3 is 5.11 Å². The van der Waals surface area contributed by atoms with Gasteiger partial charge in [0, 0.05) is 19.6 Å². The van der Waals surface area contributed by atoms with Crippen LogP contribution in [0.2, 0.25) is 0 Å². The van der Waals surface area contributed by atoms with Crippen LogP contribution < -0.4 is 0 Å². The number of hydrogen-bond acceptors (Lipinski definition) is 4. The largest absolute Gasteiger partial charge is 0.476 e. The summed E-state index contributed by atoms with van der Waals surface area (Å²) < 4.78 is 1.55. The smallest absolute Gasteiger partial charge is 0.358 e. The van der Waals surface area contributed by atoms with E-state index in [4.69, 9.17) is 5.11 Å². The van der Waals surface area contributed by atoms with Crippen molar-refractivity contribution in [2.45, 2.75) is 19.5 Å². The maximum atomic E-state index is 10.8. The number of likely N-dealkylation sites (tertiary alicyclic amines) is 1. The Labute approximate surface area is 128 Å². The van der Waals surface area contributed by atoms with Crippen molar-refractivity contribution in [1.82, 2.24) is 19.9 Å². The van der Waals surface area contributed by atoms with E-state index in [1.165, 1.54) is 31.3 Å². The Bertz CT molecular complexity index is 684. The van der Waals surface area contributed by atoms with Crippen LogP contribution in [0.25, 0.3) is 0 Å². The predicted molar refractivity (Wildman–Crippen MR) is 79.4 cm³/mol. The zero-order valence-electron chi connectivity index (χ0n) is 12.2. The van der Waals surface area contributed by atoms with E-state index in [0.717, 1.165) is 23.9 Å². The molecule has 2 atom stereocenters. The molecule has 1 aromatic heterocycles. The summed E-state index contributed by atoms with van der Waals surface area (Å²) in [6.07, 6.45) is 2.89. The summed E-state index contributed by atoms with van der Waals surface area (Å²) in [7, 11) is 0. The molecule has 1 aliphatic heterocycles. The van der Waals surface area contributed by atoms with Crippen molar-refractivity contribution in [2.75, 3.05) is 13.1 Å².